The van der Waals surface area contributed by atoms with Crippen LogP contribution in [0.25, 0.3) is 0 Å². The number of anilines is 1. The van der Waals surface area contributed by atoms with Crippen LogP contribution in [0.2, 0.25) is 0 Å². The summed E-state index contributed by atoms with van der Waals surface area (Å²) >= 11 is 5.32. The van der Waals surface area contributed by atoms with Crippen molar-refractivity contribution in [2.75, 3.05) is 31.6 Å². The second kappa shape index (κ2) is 10.9. The van der Waals surface area contributed by atoms with Crippen LogP contribution >= 0.6 is 12.2 Å². The topological polar surface area (TPSA) is 83.0 Å². The minimum atomic E-state index is -3.51. The van der Waals surface area contributed by atoms with Crippen molar-refractivity contribution < 1.29 is 13.2 Å². The fourth-order valence-corrected chi connectivity index (χ4v) is 5.77. The summed E-state index contributed by atoms with van der Waals surface area (Å²) in [6, 6.07) is 6.54. The molecular formula is C24H34N4O3S2. The summed E-state index contributed by atoms with van der Waals surface area (Å²) in [4.78, 5) is 0.253. The van der Waals surface area contributed by atoms with Gasteiger partial charge in [0.1, 0.15) is 0 Å². The molecule has 1 atom stereocenters. The van der Waals surface area contributed by atoms with Gasteiger partial charge in [0.25, 0.3) is 0 Å². The maximum absolute atomic E-state index is 12.7. The van der Waals surface area contributed by atoms with E-state index in [4.69, 9.17) is 17.0 Å². The zero-order valence-electron chi connectivity index (χ0n) is 19.8. The minimum absolute atomic E-state index is 0.237. The summed E-state index contributed by atoms with van der Waals surface area (Å²) in [5, 5.41) is 7.70. The molecule has 33 heavy (non-hydrogen) atoms. The lowest BCUT2D eigenvalue weighted by Gasteiger charge is -2.36. The molecule has 1 saturated heterocycles. The van der Waals surface area contributed by atoms with Gasteiger partial charge in [0.2, 0.25) is 10.0 Å². The molecule has 180 valence electrons. The van der Waals surface area contributed by atoms with Crippen LogP contribution in [0.3, 0.4) is 0 Å². The van der Waals surface area contributed by atoms with Crippen LogP contribution in [-0.2, 0) is 14.8 Å². The van der Waals surface area contributed by atoms with E-state index in [2.05, 4.69) is 48.8 Å². The standard InChI is InChI=1S/C24H34N4O3S2/c1-18-6-5-13-24(3,4)22(18)12-7-19(2)26-27-23(32)25-20-8-10-21(11-9-20)33(29,30)28-14-16-31-17-15-28/h6-12,22H,5,13-17H2,1-4H3,(H2,25,27,32). The average Bonchev–Trinajstić information content (AvgIpc) is 2.78. The highest BCUT2D eigenvalue weighted by Crippen LogP contribution is 2.41. The molecule has 1 fully saturated rings. The SMILES string of the molecule is CC1=CCCC(C)(C)C1C=CC(C)=NNC(=S)Nc1ccc(S(=O)(=O)N2CCOCC2)cc1. The van der Waals surface area contributed by atoms with Crippen LogP contribution < -0.4 is 10.7 Å². The number of sulfonamides is 1. The first-order valence-corrected chi connectivity index (χ1v) is 13.1. The van der Waals surface area contributed by atoms with Crippen molar-refractivity contribution in [3.63, 3.8) is 0 Å². The van der Waals surface area contributed by atoms with Crippen LogP contribution in [0.15, 0.2) is 58.1 Å². The molecule has 1 aliphatic carbocycles. The molecule has 0 amide bonds. The Bertz CT molecular complexity index is 1040. The molecule has 1 heterocycles. The van der Waals surface area contributed by atoms with E-state index >= 15 is 0 Å². The van der Waals surface area contributed by atoms with Gasteiger partial charge >= 0.3 is 0 Å². The second-order valence-corrected chi connectivity index (χ2v) is 11.5. The Morgan fingerprint density at radius 2 is 1.91 bits per heavy atom. The van der Waals surface area contributed by atoms with Crippen LogP contribution in [0, 0.1) is 11.3 Å². The molecule has 0 spiro atoms. The van der Waals surface area contributed by atoms with Gasteiger partial charge in [-0.15, -0.1) is 0 Å². The van der Waals surface area contributed by atoms with E-state index in [0.717, 1.165) is 12.1 Å². The van der Waals surface area contributed by atoms with Crippen LogP contribution in [-0.4, -0.2) is 49.9 Å². The number of rotatable bonds is 6. The first-order chi connectivity index (χ1) is 15.6. The van der Waals surface area contributed by atoms with E-state index in [9.17, 15) is 8.42 Å². The molecule has 2 N–H and O–H groups in total. The van der Waals surface area contributed by atoms with E-state index in [1.165, 1.54) is 16.3 Å². The third-order valence-corrected chi connectivity index (χ3v) is 8.28. The fourth-order valence-electron chi connectivity index (χ4n) is 4.20. The zero-order chi connectivity index (χ0) is 24.1. The Hall–Kier alpha value is -2.07. The summed E-state index contributed by atoms with van der Waals surface area (Å²) in [6.45, 7) is 10.3. The first-order valence-electron chi connectivity index (χ1n) is 11.2. The van der Waals surface area contributed by atoms with Crippen molar-refractivity contribution >= 4 is 38.8 Å². The fraction of sp³-hybridized carbons (Fsp3) is 0.500. The molecule has 9 heteroatoms. The van der Waals surface area contributed by atoms with E-state index in [0.29, 0.717) is 43.0 Å². The Kier molecular flexibility index (Phi) is 8.44. The number of ether oxygens (including phenoxy) is 1. The van der Waals surface area contributed by atoms with Gasteiger partial charge in [-0.25, -0.2) is 8.42 Å². The maximum Gasteiger partial charge on any atom is 0.243 e. The smallest absolute Gasteiger partial charge is 0.243 e. The maximum atomic E-state index is 12.7. The number of hydrogen-bond acceptors (Lipinski definition) is 5. The highest BCUT2D eigenvalue weighted by Gasteiger charge is 2.30. The molecule has 1 unspecified atom stereocenters. The van der Waals surface area contributed by atoms with Gasteiger partial charge in [0.05, 0.1) is 23.8 Å². The lowest BCUT2D eigenvalue weighted by Crippen LogP contribution is -2.40. The Labute approximate surface area is 203 Å². The van der Waals surface area contributed by atoms with Crippen molar-refractivity contribution in [2.45, 2.75) is 45.4 Å². The number of thiocarbonyl (C=S) groups is 1. The largest absolute Gasteiger partial charge is 0.379 e. The lowest BCUT2D eigenvalue weighted by molar-refractivity contribution is 0.0730. The number of hydrazone groups is 1. The molecule has 3 rings (SSSR count). The van der Waals surface area contributed by atoms with Crippen molar-refractivity contribution in [1.82, 2.24) is 9.73 Å². The number of allylic oxidation sites excluding steroid dienone is 4. The predicted molar refractivity (Wildman–Crippen MR) is 138 cm³/mol. The van der Waals surface area contributed by atoms with E-state index in [1.54, 1.807) is 24.3 Å². The number of nitrogens with one attached hydrogen (secondary N) is 2. The van der Waals surface area contributed by atoms with Gasteiger partial charge in [-0.2, -0.15) is 9.41 Å². The summed E-state index contributed by atoms with van der Waals surface area (Å²) < 4.78 is 32.1. The van der Waals surface area contributed by atoms with Crippen LogP contribution in [0.4, 0.5) is 5.69 Å². The van der Waals surface area contributed by atoms with E-state index in [1.807, 2.05) is 13.0 Å². The highest BCUT2D eigenvalue weighted by molar-refractivity contribution is 7.89. The van der Waals surface area contributed by atoms with Gasteiger partial charge < -0.3 is 10.1 Å². The first kappa shape index (κ1) is 25.6. The van der Waals surface area contributed by atoms with Crippen LogP contribution in [0.5, 0.6) is 0 Å². The molecule has 7 nitrogen and oxygen atoms in total. The molecule has 1 aromatic rings. The molecule has 0 aromatic heterocycles. The Morgan fingerprint density at radius 3 is 2.55 bits per heavy atom. The molecular weight excluding hydrogens is 456 g/mol. The average molecular weight is 491 g/mol. The third-order valence-electron chi connectivity index (χ3n) is 6.17. The lowest BCUT2D eigenvalue weighted by atomic mass is 9.68. The van der Waals surface area contributed by atoms with Crippen molar-refractivity contribution in [2.24, 2.45) is 16.4 Å². The van der Waals surface area contributed by atoms with Crippen molar-refractivity contribution in [3.8, 4) is 0 Å². The molecule has 0 bridgehead atoms. The van der Waals surface area contributed by atoms with Gasteiger partial charge in [0.15, 0.2) is 5.11 Å². The quantitative estimate of drug-likeness (QED) is 0.268. The zero-order valence-corrected chi connectivity index (χ0v) is 21.4. The van der Waals surface area contributed by atoms with E-state index < -0.39 is 10.0 Å². The normalized spacial score (nSPS) is 22.1. The summed E-state index contributed by atoms with van der Waals surface area (Å²) in [5.74, 6) is 0.397. The molecule has 1 aliphatic heterocycles. The highest BCUT2D eigenvalue weighted by atomic mass is 32.2. The summed E-state index contributed by atoms with van der Waals surface area (Å²) in [6.07, 6.45) is 8.87. The number of nitrogens with zero attached hydrogens (tertiary/aromatic N) is 2. The number of benzene rings is 1. The van der Waals surface area contributed by atoms with Gasteiger partial charge in [-0.3, -0.25) is 5.43 Å². The summed E-state index contributed by atoms with van der Waals surface area (Å²) in [7, 11) is -3.51. The molecule has 0 saturated carbocycles. The molecule has 0 radical (unpaired) electrons. The van der Waals surface area contributed by atoms with E-state index in [-0.39, 0.29) is 10.3 Å². The van der Waals surface area contributed by atoms with Gasteiger partial charge in [-0.1, -0.05) is 31.6 Å². The van der Waals surface area contributed by atoms with Crippen LogP contribution in [0.1, 0.15) is 40.5 Å². The van der Waals surface area contributed by atoms with Crippen molar-refractivity contribution in [3.05, 3.63) is 48.1 Å². The predicted octanol–water partition coefficient (Wildman–Crippen LogP) is 4.31. The number of hydrogen-bond donors (Lipinski definition) is 2. The minimum Gasteiger partial charge on any atom is -0.379 e. The van der Waals surface area contributed by atoms with Crippen molar-refractivity contribution in [1.29, 1.82) is 0 Å². The van der Waals surface area contributed by atoms with Gasteiger partial charge in [0, 0.05) is 24.7 Å². The van der Waals surface area contributed by atoms with Gasteiger partial charge in [-0.05, 0) is 74.7 Å². The Balaban J connectivity index is 1.55. The number of morpholine rings is 1. The summed E-state index contributed by atoms with van der Waals surface area (Å²) in [5.41, 5.74) is 5.99. The molecule has 2 aliphatic rings. The molecule has 1 aromatic carbocycles. The second-order valence-electron chi connectivity index (χ2n) is 9.17. The Morgan fingerprint density at radius 1 is 1.24 bits per heavy atom. The third kappa shape index (κ3) is 6.72. The monoisotopic (exact) mass is 490 g/mol.